The highest BCUT2D eigenvalue weighted by molar-refractivity contribution is 7.16. The minimum absolute atomic E-state index is 0.119. The lowest BCUT2D eigenvalue weighted by Crippen LogP contribution is -2.50. The highest BCUT2D eigenvalue weighted by Gasteiger charge is 2.44. The van der Waals surface area contributed by atoms with E-state index in [2.05, 4.69) is 17.9 Å². The maximum absolute atomic E-state index is 14.0. The van der Waals surface area contributed by atoms with Gasteiger partial charge in [0.1, 0.15) is 11.4 Å². The normalized spacial score (nSPS) is 27.4. The van der Waals surface area contributed by atoms with Gasteiger partial charge in [-0.1, -0.05) is 29.8 Å². The van der Waals surface area contributed by atoms with Crippen molar-refractivity contribution in [2.24, 2.45) is 0 Å². The summed E-state index contributed by atoms with van der Waals surface area (Å²) >= 11 is 7.92. The van der Waals surface area contributed by atoms with Crippen LogP contribution in [0.3, 0.4) is 0 Å². The highest BCUT2D eigenvalue weighted by atomic mass is 35.5. The van der Waals surface area contributed by atoms with E-state index in [1.54, 1.807) is 17.4 Å². The predicted molar refractivity (Wildman–Crippen MR) is 96.2 cm³/mol. The number of rotatable bonds is 2. The van der Waals surface area contributed by atoms with E-state index in [-0.39, 0.29) is 11.4 Å². The predicted octanol–water partition coefficient (Wildman–Crippen LogP) is 4.99. The second-order valence-corrected chi connectivity index (χ2v) is 8.55. The van der Waals surface area contributed by atoms with Crippen molar-refractivity contribution in [1.82, 2.24) is 4.90 Å². The first-order valence-electron chi connectivity index (χ1n) is 8.47. The monoisotopic (exact) mass is 365 g/mol. The standard InChI is InChI=1S/C19H21ClFNOS/c1-13-11-19(18-14(6-9-23-19)10-17(20)24-18)7-8-22(13)12-15-4-2-3-5-16(15)21/h2-5,10,13H,6-9,11-12H2,1H3/t13-,19+/m0/s1. The van der Waals surface area contributed by atoms with E-state index in [9.17, 15) is 4.39 Å². The van der Waals surface area contributed by atoms with Crippen molar-refractivity contribution in [3.05, 3.63) is 56.5 Å². The highest BCUT2D eigenvalue weighted by Crippen LogP contribution is 2.48. The zero-order chi connectivity index (χ0) is 16.7. The first kappa shape index (κ1) is 16.5. The van der Waals surface area contributed by atoms with Crippen LogP contribution in [-0.2, 0) is 23.3 Å². The van der Waals surface area contributed by atoms with E-state index < -0.39 is 0 Å². The summed E-state index contributed by atoms with van der Waals surface area (Å²) in [5, 5.41) is 0. The number of fused-ring (bicyclic) bond motifs is 2. The fraction of sp³-hybridized carbons (Fsp3) is 0.474. The second-order valence-electron chi connectivity index (χ2n) is 6.86. The Balaban J connectivity index is 1.54. The molecule has 1 saturated heterocycles. The fourth-order valence-electron chi connectivity index (χ4n) is 4.06. The van der Waals surface area contributed by atoms with Crippen molar-refractivity contribution in [1.29, 1.82) is 0 Å². The molecule has 0 N–H and O–H groups in total. The van der Waals surface area contributed by atoms with Crippen LogP contribution in [0.2, 0.25) is 4.34 Å². The van der Waals surface area contributed by atoms with Crippen molar-refractivity contribution in [3.63, 3.8) is 0 Å². The Hall–Kier alpha value is -0.940. The topological polar surface area (TPSA) is 12.5 Å². The van der Waals surface area contributed by atoms with Crippen molar-refractivity contribution in [3.8, 4) is 0 Å². The van der Waals surface area contributed by atoms with Gasteiger partial charge in [-0.2, -0.15) is 0 Å². The number of halogens is 2. The Morgan fingerprint density at radius 2 is 2.25 bits per heavy atom. The molecule has 0 radical (unpaired) electrons. The zero-order valence-electron chi connectivity index (χ0n) is 13.7. The molecule has 0 unspecified atom stereocenters. The summed E-state index contributed by atoms with van der Waals surface area (Å²) < 4.78 is 21.1. The minimum atomic E-state index is -0.198. The van der Waals surface area contributed by atoms with Crippen LogP contribution in [0.25, 0.3) is 0 Å². The number of thiophene rings is 1. The summed E-state index contributed by atoms with van der Waals surface area (Å²) in [6.45, 7) is 4.54. The Morgan fingerprint density at radius 3 is 3.04 bits per heavy atom. The van der Waals surface area contributed by atoms with Gasteiger partial charge in [0.25, 0.3) is 0 Å². The Kier molecular flexibility index (Phi) is 4.42. The number of benzene rings is 1. The van der Waals surface area contributed by atoms with Gasteiger partial charge >= 0.3 is 0 Å². The quantitative estimate of drug-likeness (QED) is 0.743. The lowest BCUT2D eigenvalue weighted by Gasteiger charge is -2.47. The molecule has 2 aliphatic heterocycles. The molecule has 24 heavy (non-hydrogen) atoms. The molecule has 1 aromatic carbocycles. The van der Waals surface area contributed by atoms with Crippen LogP contribution in [0.1, 0.15) is 35.8 Å². The van der Waals surface area contributed by atoms with Gasteiger partial charge in [0.15, 0.2) is 0 Å². The summed E-state index contributed by atoms with van der Waals surface area (Å²) in [5.41, 5.74) is 1.92. The summed E-state index contributed by atoms with van der Waals surface area (Å²) in [5.74, 6) is -0.119. The van der Waals surface area contributed by atoms with Gasteiger partial charge in [-0.05, 0) is 43.9 Å². The van der Waals surface area contributed by atoms with Crippen molar-refractivity contribution in [2.45, 2.75) is 44.4 Å². The average Bonchev–Trinajstić information content (AvgIpc) is 2.94. The second kappa shape index (κ2) is 6.41. The van der Waals surface area contributed by atoms with Crippen LogP contribution in [0.15, 0.2) is 30.3 Å². The van der Waals surface area contributed by atoms with Crippen molar-refractivity contribution < 1.29 is 9.13 Å². The lowest BCUT2D eigenvalue weighted by molar-refractivity contribution is -0.110. The third-order valence-corrected chi connectivity index (χ3v) is 6.82. The van der Waals surface area contributed by atoms with Gasteiger partial charge in [-0.25, -0.2) is 4.39 Å². The molecular weight excluding hydrogens is 345 g/mol. The largest absolute Gasteiger partial charge is 0.369 e. The first-order valence-corrected chi connectivity index (χ1v) is 9.67. The van der Waals surface area contributed by atoms with E-state index in [0.29, 0.717) is 12.6 Å². The van der Waals surface area contributed by atoms with Crippen LogP contribution < -0.4 is 0 Å². The summed E-state index contributed by atoms with van der Waals surface area (Å²) in [7, 11) is 0. The van der Waals surface area contributed by atoms with Crippen LogP contribution in [0, 0.1) is 5.82 Å². The number of ether oxygens (including phenoxy) is 1. The van der Waals surface area contributed by atoms with Gasteiger partial charge in [0.2, 0.25) is 0 Å². The van der Waals surface area contributed by atoms with Crippen molar-refractivity contribution >= 4 is 22.9 Å². The number of hydrogen-bond donors (Lipinski definition) is 0. The number of hydrogen-bond acceptors (Lipinski definition) is 3. The van der Waals surface area contributed by atoms with Gasteiger partial charge in [0, 0.05) is 29.6 Å². The maximum Gasteiger partial charge on any atom is 0.127 e. The van der Waals surface area contributed by atoms with E-state index >= 15 is 0 Å². The summed E-state index contributed by atoms with van der Waals surface area (Å²) in [4.78, 5) is 3.67. The molecule has 1 aromatic heterocycles. The lowest BCUT2D eigenvalue weighted by atomic mass is 9.82. The van der Waals surface area contributed by atoms with E-state index in [0.717, 1.165) is 42.3 Å². The molecule has 2 atom stereocenters. The molecule has 0 saturated carbocycles. The molecule has 1 spiro atoms. The van der Waals surface area contributed by atoms with Gasteiger partial charge in [-0.15, -0.1) is 11.3 Å². The Morgan fingerprint density at radius 1 is 1.42 bits per heavy atom. The van der Waals surface area contributed by atoms with Crippen LogP contribution in [0.4, 0.5) is 4.39 Å². The molecular formula is C19H21ClFNOS. The number of likely N-dealkylation sites (tertiary alicyclic amines) is 1. The molecule has 0 aliphatic carbocycles. The van der Waals surface area contributed by atoms with Crippen LogP contribution >= 0.6 is 22.9 Å². The maximum atomic E-state index is 14.0. The van der Waals surface area contributed by atoms with Gasteiger partial charge in [-0.3, -0.25) is 4.90 Å². The van der Waals surface area contributed by atoms with Crippen LogP contribution in [0.5, 0.6) is 0 Å². The molecule has 3 heterocycles. The smallest absolute Gasteiger partial charge is 0.127 e. The molecule has 5 heteroatoms. The van der Waals surface area contributed by atoms with E-state index in [4.69, 9.17) is 16.3 Å². The third kappa shape index (κ3) is 2.90. The zero-order valence-corrected chi connectivity index (χ0v) is 15.3. The molecule has 2 aliphatic rings. The van der Waals surface area contributed by atoms with Gasteiger partial charge in [0.05, 0.1) is 10.9 Å². The summed E-state index contributed by atoms with van der Waals surface area (Å²) in [6.07, 6.45) is 2.83. The molecule has 0 bridgehead atoms. The van der Waals surface area contributed by atoms with Gasteiger partial charge < -0.3 is 4.74 Å². The minimum Gasteiger partial charge on any atom is -0.369 e. The Bertz CT molecular complexity index is 749. The van der Waals surface area contributed by atoms with Crippen LogP contribution in [-0.4, -0.2) is 24.1 Å². The molecule has 2 nitrogen and oxygen atoms in total. The van der Waals surface area contributed by atoms with E-state index in [1.165, 1.54) is 16.5 Å². The Labute approximate surface area is 151 Å². The SMILES string of the molecule is C[C@H]1C[C@@]2(CCN1Cc1ccccc1F)OCCc1cc(Cl)sc12. The molecule has 2 aromatic rings. The first-order chi connectivity index (χ1) is 11.6. The molecule has 0 amide bonds. The molecule has 128 valence electrons. The third-order valence-electron chi connectivity index (χ3n) is 5.33. The fourth-order valence-corrected chi connectivity index (χ4v) is 5.54. The van der Waals surface area contributed by atoms with Crippen molar-refractivity contribution in [2.75, 3.05) is 13.2 Å². The molecule has 4 rings (SSSR count). The summed E-state index contributed by atoms with van der Waals surface area (Å²) in [6, 6.07) is 9.49. The number of piperidine rings is 1. The average molecular weight is 366 g/mol. The molecule has 1 fully saturated rings. The number of nitrogens with zero attached hydrogens (tertiary/aromatic N) is 1. The van der Waals surface area contributed by atoms with E-state index in [1.807, 2.05) is 12.1 Å².